The molecule has 4 aromatic rings. The minimum absolute atomic E-state index is 0.135. The number of nitrogens with zero attached hydrogens (tertiary/aromatic N) is 8. The van der Waals surface area contributed by atoms with Gasteiger partial charge in [-0.05, 0) is 25.2 Å². The fourth-order valence-corrected chi connectivity index (χ4v) is 3.79. The third-order valence-corrected chi connectivity index (χ3v) is 5.54. The second-order valence-corrected chi connectivity index (χ2v) is 7.74. The number of anilines is 2. The summed E-state index contributed by atoms with van der Waals surface area (Å²) >= 11 is 0. The molecule has 1 saturated heterocycles. The van der Waals surface area contributed by atoms with Crippen molar-refractivity contribution in [1.29, 1.82) is 0 Å². The summed E-state index contributed by atoms with van der Waals surface area (Å²) in [5.41, 5.74) is 2.31. The molecular weight excluding hydrogens is 406 g/mol. The molecule has 0 aromatic carbocycles. The largest absolute Gasteiger partial charge is 0.353 e. The van der Waals surface area contributed by atoms with E-state index in [0.717, 1.165) is 54.3 Å². The van der Waals surface area contributed by atoms with Gasteiger partial charge in [0.2, 0.25) is 5.91 Å². The van der Waals surface area contributed by atoms with Gasteiger partial charge in [-0.1, -0.05) is 0 Å². The van der Waals surface area contributed by atoms with Gasteiger partial charge in [0.05, 0.1) is 17.3 Å². The molecular formula is C22H23N9O. The molecule has 162 valence electrons. The Kier molecular flexibility index (Phi) is 5.42. The summed E-state index contributed by atoms with van der Waals surface area (Å²) in [7, 11) is 2.13. The van der Waals surface area contributed by atoms with E-state index in [1.807, 2.05) is 22.9 Å². The van der Waals surface area contributed by atoms with E-state index in [-0.39, 0.29) is 12.5 Å². The Hall–Kier alpha value is -3.92. The maximum absolute atomic E-state index is 12.6. The van der Waals surface area contributed by atoms with Gasteiger partial charge < -0.3 is 19.7 Å². The molecule has 0 unspecified atom stereocenters. The average molecular weight is 429 g/mol. The van der Waals surface area contributed by atoms with Gasteiger partial charge >= 0.3 is 0 Å². The molecule has 10 nitrogen and oxygen atoms in total. The average Bonchev–Trinajstić information content (AvgIpc) is 3.23. The van der Waals surface area contributed by atoms with Crippen LogP contribution in [-0.2, 0) is 11.3 Å². The first kappa shape index (κ1) is 20.0. The Morgan fingerprint density at radius 1 is 1.00 bits per heavy atom. The molecule has 0 aliphatic carbocycles. The van der Waals surface area contributed by atoms with Crippen LogP contribution in [0.1, 0.15) is 0 Å². The summed E-state index contributed by atoms with van der Waals surface area (Å²) < 4.78 is 1.83. The smallest absolute Gasteiger partial charge is 0.245 e. The number of amides is 1. The fraction of sp³-hybridized carbons (Fsp3) is 0.273. The maximum atomic E-state index is 12.6. The molecule has 1 aliphatic heterocycles. The Balaban J connectivity index is 1.28. The van der Waals surface area contributed by atoms with Crippen molar-refractivity contribution < 1.29 is 4.79 Å². The molecule has 1 fully saturated rings. The van der Waals surface area contributed by atoms with E-state index < -0.39 is 0 Å². The summed E-state index contributed by atoms with van der Waals surface area (Å²) in [4.78, 5) is 38.8. The van der Waals surface area contributed by atoms with E-state index in [1.165, 1.54) is 0 Å². The third-order valence-electron chi connectivity index (χ3n) is 5.54. The van der Waals surface area contributed by atoms with Crippen molar-refractivity contribution >= 4 is 28.6 Å². The van der Waals surface area contributed by atoms with Crippen molar-refractivity contribution in [2.45, 2.75) is 6.54 Å². The Labute approximate surface area is 185 Å². The lowest BCUT2D eigenvalue weighted by Crippen LogP contribution is -2.44. The van der Waals surface area contributed by atoms with E-state index in [4.69, 9.17) is 0 Å². The highest BCUT2D eigenvalue weighted by atomic mass is 16.2. The first-order chi connectivity index (χ1) is 15.7. The number of likely N-dealkylation sites (N-methyl/N-ethyl adjacent to an activating group) is 1. The topological polar surface area (TPSA) is 105 Å². The lowest BCUT2D eigenvalue weighted by molar-refractivity contribution is -0.116. The van der Waals surface area contributed by atoms with Gasteiger partial charge in [-0.15, -0.1) is 0 Å². The summed E-state index contributed by atoms with van der Waals surface area (Å²) in [6.07, 6.45) is 10.0. The predicted octanol–water partition coefficient (Wildman–Crippen LogP) is 1.67. The molecule has 1 amide bonds. The SMILES string of the molecule is CN1CCN(c2ncnc3c2ccn3CC(=O)Nc2ccc(-c3cnccn3)cn2)CC1. The lowest BCUT2D eigenvalue weighted by atomic mass is 10.2. The van der Waals surface area contributed by atoms with E-state index in [9.17, 15) is 4.79 Å². The van der Waals surface area contributed by atoms with Crippen LogP contribution in [-0.4, -0.2) is 73.5 Å². The van der Waals surface area contributed by atoms with Gasteiger partial charge in [0.15, 0.2) is 0 Å². The van der Waals surface area contributed by atoms with Crippen molar-refractivity contribution in [1.82, 2.24) is 34.4 Å². The zero-order valence-corrected chi connectivity index (χ0v) is 17.7. The van der Waals surface area contributed by atoms with Crippen LogP contribution in [0, 0.1) is 0 Å². The molecule has 0 spiro atoms. The van der Waals surface area contributed by atoms with Crippen molar-refractivity contribution in [3.63, 3.8) is 0 Å². The molecule has 1 aliphatic rings. The zero-order valence-electron chi connectivity index (χ0n) is 17.7. The molecule has 0 bridgehead atoms. The van der Waals surface area contributed by atoms with Crippen LogP contribution in [0.2, 0.25) is 0 Å². The minimum Gasteiger partial charge on any atom is -0.353 e. The van der Waals surface area contributed by atoms with Crippen LogP contribution >= 0.6 is 0 Å². The van der Waals surface area contributed by atoms with Gasteiger partial charge in [-0.2, -0.15) is 0 Å². The highest BCUT2D eigenvalue weighted by Crippen LogP contribution is 2.25. The molecule has 32 heavy (non-hydrogen) atoms. The van der Waals surface area contributed by atoms with Crippen LogP contribution in [0.25, 0.3) is 22.3 Å². The zero-order chi connectivity index (χ0) is 21.9. The number of pyridine rings is 1. The molecule has 0 atom stereocenters. The first-order valence-corrected chi connectivity index (χ1v) is 10.4. The van der Waals surface area contributed by atoms with E-state index in [0.29, 0.717) is 5.82 Å². The van der Waals surface area contributed by atoms with E-state index >= 15 is 0 Å². The number of rotatable bonds is 5. The van der Waals surface area contributed by atoms with Gasteiger partial charge in [0.25, 0.3) is 0 Å². The van der Waals surface area contributed by atoms with Crippen LogP contribution in [0.5, 0.6) is 0 Å². The number of hydrogen-bond acceptors (Lipinski definition) is 8. The number of aromatic nitrogens is 6. The molecule has 10 heteroatoms. The van der Waals surface area contributed by atoms with Gasteiger partial charge in [0, 0.05) is 56.5 Å². The van der Waals surface area contributed by atoms with Gasteiger partial charge in [0.1, 0.15) is 30.2 Å². The monoisotopic (exact) mass is 429 g/mol. The number of carbonyl (C=O) groups excluding carboxylic acids is 1. The second-order valence-electron chi connectivity index (χ2n) is 7.74. The van der Waals surface area contributed by atoms with Crippen molar-refractivity contribution in [2.75, 3.05) is 43.4 Å². The molecule has 5 rings (SSSR count). The highest BCUT2D eigenvalue weighted by Gasteiger charge is 2.19. The Morgan fingerprint density at radius 2 is 1.88 bits per heavy atom. The number of piperazine rings is 1. The summed E-state index contributed by atoms with van der Waals surface area (Å²) in [5.74, 6) is 1.22. The number of carbonyl (C=O) groups is 1. The van der Waals surface area contributed by atoms with E-state index in [1.54, 1.807) is 37.2 Å². The maximum Gasteiger partial charge on any atom is 0.245 e. The van der Waals surface area contributed by atoms with Crippen LogP contribution in [0.15, 0.2) is 55.5 Å². The van der Waals surface area contributed by atoms with Crippen LogP contribution in [0.3, 0.4) is 0 Å². The number of hydrogen-bond donors (Lipinski definition) is 1. The quantitative estimate of drug-likeness (QED) is 0.511. The number of nitrogens with one attached hydrogen (secondary N) is 1. The van der Waals surface area contributed by atoms with Crippen LogP contribution in [0.4, 0.5) is 11.6 Å². The molecule has 0 radical (unpaired) electrons. The molecule has 1 N–H and O–H groups in total. The van der Waals surface area contributed by atoms with Crippen molar-refractivity contribution in [3.05, 3.63) is 55.5 Å². The summed E-state index contributed by atoms with van der Waals surface area (Å²) in [6.45, 7) is 3.97. The van der Waals surface area contributed by atoms with Crippen LogP contribution < -0.4 is 10.2 Å². The van der Waals surface area contributed by atoms with E-state index in [2.05, 4.69) is 47.1 Å². The van der Waals surface area contributed by atoms with Crippen molar-refractivity contribution in [3.8, 4) is 11.3 Å². The third kappa shape index (κ3) is 4.12. The molecule has 4 aromatic heterocycles. The summed E-state index contributed by atoms with van der Waals surface area (Å²) in [5, 5.41) is 3.80. The van der Waals surface area contributed by atoms with Gasteiger partial charge in [-0.3, -0.25) is 14.8 Å². The predicted molar refractivity (Wildman–Crippen MR) is 121 cm³/mol. The van der Waals surface area contributed by atoms with Crippen molar-refractivity contribution in [2.24, 2.45) is 0 Å². The van der Waals surface area contributed by atoms with Gasteiger partial charge in [-0.25, -0.2) is 15.0 Å². The highest BCUT2D eigenvalue weighted by molar-refractivity contribution is 5.92. The Bertz CT molecular complexity index is 1220. The summed E-state index contributed by atoms with van der Waals surface area (Å²) in [6, 6.07) is 5.58. The molecule has 0 saturated carbocycles. The fourth-order valence-electron chi connectivity index (χ4n) is 3.79. The molecule has 5 heterocycles. The Morgan fingerprint density at radius 3 is 2.62 bits per heavy atom. The lowest BCUT2D eigenvalue weighted by Gasteiger charge is -2.33. The first-order valence-electron chi connectivity index (χ1n) is 10.4. The standard InChI is InChI=1S/C22H23N9O/c1-29-8-10-30(11-9-29)21-17-4-7-31(22(17)27-15-26-21)14-20(32)28-19-3-2-16(12-25-19)18-13-23-5-6-24-18/h2-7,12-13,15H,8-11,14H2,1H3,(H,25,28,32). The number of fused-ring (bicyclic) bond motifs is 1. The normalized spacial score (nSPS) is 14.6. The second kappa shape index (κ2) is 8.67. The minimum atomic E-state index is -0.179.